The molecule has 78 valence electrons. The molecule has 0 saturated carbocycles. The molecule has 0 spiro atoms. The predicted octanol–water partition coefficient (Wildman–Crippen LogP) is 2.87. The summed E-state index contributed by atoms with van der Waals surface area (Å²) in [6, 6.07) is 8.03. The summed E-state index contributed by atoms with van der Waals surface area (Å²) in [6.45, 7) is 2.19. The van der Waals surface area contributed by atoms with Crippen LogP contribution in [0.4, 0.5) is 0 Å². The van der Waals surface area contributed by atoms with Gasteiger partial charge >= 0.3 is 0 Å². The summed E-state index contributed by atoms with van der Waals surface area (Å²) >= 11 is 0. The monoisotopic (exact) mass is 201 g/mol. The molecular weight excluding hydrogens is 186 g/mol. The van der Waals surface area contributed by atoms with Gasteiger partial charge in [-0.3, -0.25) is 4.79 Å². The lowest BCUT2D eigenvalue weighted by Crippen LogP contribution is -2.04. The van der Waals surface area contributed by atoms with E-state index in [1.165, 1.54) is 18.4 Å². The van der Waals surface area contributed by atoms with E-state index in [0.717, 1.165) is 17.2 Å². The first-order chi connectivity index (χ1) is 7.31. The van der Waals surface area contributed by atoms with Crippen molar-refractivity contribution >= 4 is 10.8 Å². The fraction of sp³-hybridized carbons (Fsp3) is 0.308. The van der Waals surface area contributed by atoms with Crippen molar-refractivity contribution in [3.8, 4) is 0 Å². The normalized spacial score (nSPS) is 10.7. The lowest BCUT2D eigenvalue weighted by Gasteiger charge is -2.01. The molecule has 1 heterocycles. The van der Waals surface area contributed by atoms with Crippen molar-refractivity contribution in [3.05, 3.63) is 46.4 Å². The zero-order valence-electron chi connectivity index (χ0n) is 8.92. The highest BCUT2D eigenvalue weighted by Gasteiger charge is 1.98. The Labute approximate surface area is 89.0 Å². The molecular formula is C13H15NO. The Morgan fingerprint density at radius 2 is 2.13 bits per heavy atom. The second-order valence-corrected chi connectivity index (χ2v) is 3.83. The van der Waals surface area contributed by atoms with Crippen LogP contribution in [0.2, 0.25) is 0 Å². The Morgan fingerprint density at radius 1 is 1.27 bits per heavy atom. The number of pyridine rings is 1. The van der Waals surface area contributed by atoms with E-state index in [1.54, 1.807) is 6.20 Å². The summed E-state index contributed by atoms with van der Waals surface area (Å²) in [5.74, 6) is 0. The van der Waals surface area contributed by atoms with Crippen LogP contribution in [0.15, 0.2) is 35.3 Å². The van der Waals surface area contributed by atoms with E-state index < -0.39 is 0 Å². The molecule has 15 heavy (non-hydrogen) atoms. The smallest absolute Gasteiger partial charge is 0.255 e. The molecule has 2 nitrogen and oxygen atoms in total. The number of H-pyrrole nitrogens is 1. The number of aromatic nitrogens is 1. The standard InChI is InChI=1S/C13H15NO/c1-2-3-4-10-5-6-12-11(9-10)7-8-14-13(12)15/h5-9H,2-4H2,1H3,(H,14,15). The molecule has 2 rings (SSSR count). The Kier molecular flexibility index (Phi) is 2.86. The Morgan fingerprint density at radius 3 is 2.93 bits per heavy atom. The average molecular weight is 201 g/mol. The molecule has 0 saturated heterocycles. The van der Waals surface area contributed by atoms with Gasteiger partial charge in [0.2, 0.25) is 0 Å². The Hall–Kier alpha value is -1.57. The van der Waals surface area contributed by atoms with E-state index in [9.17, 15) is 4.79 Å². The summed E-state index contributed by atoms with van der Waals surface area (Å²) in [7, 11) is 0. The lowest BCUT2D eigenvalue weighted by molar-refractivity contribution is 0.796. The van der Waals surface area contributed by atoms with Crippen molar-refractivity contribution in [1.29, 1.82) is 0 Å². The molecule has 2 aromatic rings. The second-order valence-electron chi connectivity index (χ2n) is 3.83. The first-order valence-corrected chi connectivity index (χ1v) is 5.41. The maximum atomic E-state index is 11.4. The van der Waals surface area contributed by atoms with Crippen molar-refractivity contribution in [2.24, 2.45) is 0 Å². The maximum absolute atomic E-state index is 11.4. The highest BCUT2D eigenvalue weighted by molar-refractivity contribution is 5.81. The van der Waals surface area contributed by atoms with Crippen LogP contribution in [0.3, 0.4) is 0 Å². The predicted molar refractivity (Wildman–Crippen MR) is 63.2 cm³/mol. The molecule has 0 aliphatic heterocycles. The summed E-state index contributed by atoms with van der Waals surface area (Å²) < 4.78 is 0. The molecule has 2 heteroatoms. The van der Waals surface area contributed by atoms with Gasteiger partial charge in [-0.25, -0.2) is 0 Å². The van der Waals surface area contributed by atoms with Gasteiger partial charge in [-0.2, -0.15) is 0 Å². The summed E-state index contributed by atoms with van der Waals surface area (Å²) in [5, 5.41) is 1.81. The number of fused-ring (bicyclic) bond motifs is 1. The molecule has 1 N–H and O–H groups in total. The first kappa shape index (κ1) is 9.97. The maximum Gasteiger partial charge on any atom is 0.255 e. The fourth-order valence-electron chi connectivity index (χ4n) is 1.78. The van der Waals surface area contributed by atoms with Gasteiger partial charge < -0.3 is 4.98 Å². The summed E-state index contributed by atoms with van der Waals surface area (Å²) in [4.78, 5) is 14.1. The van der Waals surface area contributed by atoms with Crippen LogP contribution in [0, 0.1) is 0 Å². The molecule has 1 aromatic carbocycles. The van der Waals surface area contributed by atoms with Crippen molar-refractivity contribution in [2.75, 3.05) is 0 Å². The molecule has 0 fully saturated rings. The Bertz CT molecular complexity index is 513. The molecule has 0 amide bonds. The lowest BCUT2D eigenvalue weighted by atomic mass is 10.0. The average Bonchev–Trinajstić information content (AvgIpc) is 2.26. The van der Waals surface area contributed by atoms with Crippen LogP contribution >= 0.6 is 0 Å². The van der Waals surface area contributed by atoms with Crippen LogP contribution in [0.25, 0.3) is 10.8 Å². The topological polar surface area (TPSA) is 32.9 Å². The molecule has 0 atom stereocenters. The van der Waals surface area contributed by atoms with Gasteiger partial charge in [0.05, 0.1) is 0 Å². The third-order valence-electron chi connectivity index (χ3n) is 2.66. The van der Waals surface area contributed by atoms with E-state index >= 15 is 0 Å². The minimum atomic E-state index is -0.00505. The van der Waals surface area contributed by atoms with Crippen molar-refractivity contribution in [3.63, 3.8) is 0 Å². The van der Waals surface area contributed by atoms with Gasteiger partial charge in [0.15, 0.2) is 0 Å². The van der Waals surface area contributed by atoms with Gasteiger partial charge in [0.1, 0.15) is 0 Å². The number of hydrogen-bond donors (Lipinski definition) is 1. The molecule has 0 unspecified atom stereocenters. The quantitative estimate of drug-likeness (QED) is 0.813. The van der Waals surface area contributed by atoms with Gasteiger partial charge in [-0.1, -0.05) is 25.5 Å². The minimum absolute atomic E-state index is 0.00505. The number of rotatable bonds is 3. The van der Waals surface area contributed by atoms with E-state index in [-0.39, 0.29) is 5.56 Å². The zero-order chi connectivity index (χ0) is 10.7. The third kappa shape index (κ3) is 2.09. The highest BCUT2D eigenvalue weighted by atomic mass is 16.1. The zero-order valence-corrected chi connectivity index (χ0v) is 8.92. The van der Waals surface area contributed by atoms with Gasteiger partial charge in [0, 0.05) is 11.6 Å². The van der Waals surface area contributed by atoms with Gasteiger partial charge in [-0.15, -0.1) is 0 Å². The van der Waals surface area contributed by atoms with Gasteiger partial charge in [-0.05, 0) is 35.9 Å². The summed E-state index contributed by atoms with van der Waals surface area (Å²) in [6.07, 6.45) is 5.20. The van der Waals surface area contributed by atoms with Crippen LogP contribution in [-0.4, -0.2) is 4.98 Å². The number of unbranched alkanes of at least 4 members (excludes halogenated alkanes) is 1. The minimum Gasteiger partial charge on any atom is -0.329 e. The summed E-state index contributed by atoms with van der Waals surface area (Å²) in [5.41, 5.74) is 1.31. The molecule has 0 aliphatic rings. The van der Waals surface area contributed by atoms with Crippen molar-refractivity contribution in [2.45, 2.75) is 26.2 Å². The number of aromatic amines is 1. The van der Waals surface area contributed by atoms with Gasteiger partial charge in [0.25, 0.3) is 5.56 Å². The molecule has 0 bridgehead atoms. The van der Waals surface area contributed by atoms with Crippen molar-refractivity contribution < 1.29 is 0 Å². The SMILES string of the molecule is CCCCc1ccc2c(=O)[nH]ccc2c1. The highest BCUT2D eigenvalue weighted by Crippen LogP contribution is 2.13. The van der Waals surface area contributed by atoms with Crippen LogP contribution in [0.5, 0.6) is 0 Å². The number of aryl methyl sites for hydroxylation is 1. The fourth-order valence-corrected chi connectivity index (χ4v) is 1.78. The third-order valence-corrected chi connectivity index (χ3v) is 2.66. The van der Waals surface area contributed by atoms with E-state index in [4.69, 9.17) is 0 Å². The van der Waals surface area contributed by atoms with E-state index in [0.29, 0.717) is 0 Å². The second kappa shape index (κ2) is 4.30. The van der Waals surface area contributed by atoms with E-state index in [1.807, 2.05) is 18.2 Å². The van der Waals surface area contributed by atoms with Crippen LogP contribution in [-0.2, 0) is 6.42 Å². The number of benzene rings is 1. The first-order valence-electron chi connectivity index (χ1n) is 5.41. The number of nitrogens with one attached hydrogen (secondary N) is 1. The molecule has 0 aliphatic carbocycles. The molecule has 0 radical (unpaired) electrons. The van der Waals surface area contributed by atoms with Crippen LogP contribution in [0.1, 0.15) is 25.3 Å². The van der Waals surface area contributed by atoms with Crippen LogP contribution < -0.4 is 5.56 Å². The Balaban J connectivity index is 2.43. The number of hydrogen-bond acceptors (Lipinski definition) is 1. The van der Waals surface area contributed by atoms with E-state index in [2.05, 4.69) is 18.0 Å². The van der Waals surface area contributed by atoms with Crippen molar-refractivity contribution in [1.82, 2.24) is 4.98 Å². The largest absolute Gasteiger partial charge is 0.329 e. The molecule has 1 aromatic heterocycles.